The fourth-order valence-corrected chi connectivity index (χ4v) is 2.01. The molecule has 1 unspecified atom stereocenters. The van der Waals surface area contributed by atoms with Crippen LogP contribution < -0.4 is 0 Å². The van der Waals surface area contributed by atoms with Gasteiger partial charge in [-0.25, -0.2) is 4.79 Å². The van der Waals surface area contributed by atoms with Gasteiger partial charge in [-0.3, -0.25) is 0 Å². The van der Waals surface area contributed by atoms with Crippen LogP contribution in [0.2, 0.25) is 0 Å². The van der Waals surface area contributed by atoms with Gasteiger partial charge in [0.05, 0.1) is 13.7 Å². The molecule has 0 fully saturated rings. The van der Waals surface area contributed by atoms with Crippen molar-refractivity contribution in [1.82, 2.24) is 0 Å². The Balaban J connectivity index is 2.70. The Morgan fingerprint density at radius 1 is 1.28 bits per heavy atom. The van der Waals surface area contributed by atoms with Gasteiger partial charge >= 0.3 is 5.97 Å². The second kappa shape index (κ2) is 6.55. The lowest BCUT2D eigenvalue weighted by atomic mass is 9.94. The first-order chi connectivity index (χ1) is 8.48. The molecule has 0 heterocycles. The van der Waals surface area contributed by atoms with Gasteiger partial charge in [0.25, 0.3) is 0 Å². The van der Waals surface area contributed by atoms with Crippen molar-refractivity contribution in [2.75, 3.05) is 7.11 Å². The average molecular weight is 250 g/mol. The molecular formula is C15H22O3. The number of benzene rings is 1. The Hall–Kier alpha value is -1.35. The molecule has 3 heteroatoms. The van der Waals surface area contributed by atoms with E-state index in [-0.39, 0.29) is 5.97 Å². The van der Waals surface area contributed by atoms with E-state index in [1.54, 1.807) is 6.92 Å². The topological polar surface area (TPSA) is 35.5 Å². The van der Waals surface area contributed by atoms with Gasteiger partial charge in [0.1, 0.15) is 0 Å². The van der Waals surface area contributed by atoms with Crippen molar-refractivity contribution < 1.29 is 14.3 Å². The van der Waals surface area contributed by atoms with Crippen molar-refractivity contribution >= 4 is 5.97 Å². The fraction of sp³-hybridized carbons (Fsp3) is 0.533. The van der Waals surface area contributed by atoms with Crippen molar-refractivity contribution in [3.05, 3.63) is 35.9 Å². The zero-order valence-corrected chi connectivity index (χ0v) is 11.6. The molecule has 0 aliphatic carbocycles. The molecule has 0 aliphatic heterocycles. The van der Waals surface area contributed by atoms with Gasteiger partial charge in [0.15, 0.2) is 5.60 Å². The van der Waals surface area contributed by atoms with Crippen molar-refractivity contribution in [3.8, 4) is 0 Å². The van der Waals surface area contributed by atoms with E-state index in [4.69, 9.17) is 9.47 Å². The molecule has 0 N–H and O–H groups in total. The van der Waals surface area contributed by atoms with Crippen LogP contribution in [0.4, 0.5) is 0 Å². The summed E-state index contributed by atoms with van der Waals surface area (Å²) in [6.07, 6.45) is 0.645. The number of carbonyl (C=O) groups excluding carboxylic acids is 1. The Morgan fingerprint density at radius 3 is 2.39 bits per heavy atom. The van der Waals surface area contributed by atoms with Crippen molar-refractivity contribution in [2.45, 2.75) is 39.4 Å². The van der Waals surface area contributed by atoms with Crippen LogP contribution in [0.25, 0.3) is 0 Å². The minimum atomic E-state index is -0.876. The molecule has 1 aromatic carbocycles. The molecule has 0 amide bonds. The second-order valence-electron chi connectivity index (χ2n) is 5.09. The third-order valence-electron chi connectivity index (χ3n) is 2.82. The molecule has 1 aromatic rings. The van der Waals surface area contributed by atoms with Gasteiger partial charge in [0.2, 0.25) is 0 Å². The van der Waals surface area contributed by atoms with E-state index < -0.39 is 5.60 Å². The van der Waals surface area contributed by atoms with E-state index in [2.05, 4.69) is 13.8 Å². The van der Waals surface area contributed by atoms with Crippen LogP contribution >= 0.6 is 0 Å². The summed E-state index contributed by atoms with van der Waals surface area (Å²) in [7, 11) is 1.40. The Kier molecular flexibility index (Phi) is 5.35. The number of methoxy groups -OCH3 is 1. The van der Waals surface area contributed by atoms with Gasteiger partial charge in [-0.15, -0.1) is 0 Å². The highest BCUT2D eigenvalue weighted by Crippen LogP contribution is 2.24. The molecule has 0 aliphatic rings. The van der Waals surface area contributed by atoms with Gasteiger partial charge < -0.3 is 9.47 Å². The summed E-state index contributed by atoms with van der Waals surface area (Å²) in [5.41, 5.74) is 0.176. The highest BCUT2D eigenvalue weighted by molar-refractivity contribution is 5.78. The second-order valence-corrected chi connectivity index (χ2v) is 5.09. The van der Waals surface area contributed by atoms with Gasteiger partial charge in [-0.1, -0.05) is 44.2 Å². The maximum absolute atomic E-state index is 11.8. The predicted octanol–water partition coefficient (Wildman–Crippen LogP) is 3.18. The smallest absolute Gasteiger partial charge is 0.337 e. The maximum atomic E-state index is 11.8. The molecule has 1 atom stereocenters. The summed E-state index contributed by atoms with van der Waals surface area (Å²) in [6, 6.07) is 9.82. The molecule has 0 saturated heterocycles. The summed E-state index contributed by atoms with van der Waals surface area (Å²) in [4.78, 5) is 11.8. The molecule has 100 valence electrons. The minimum absolute atomic E-state index is 0.313. The van der Waals surface area contributed by atoms with Gasteiger partial charge in [-0.05, 0) is 24.8 Å². The highest BCUT2D eigenvalue weighted by Gasteiger charge is 2.36. The van der Waals surface area contributed by atoms with Gasteiger partial charge in [-0.2, -0.15) is 0 Å². The van der Waals surface area contributed by atoms with Crippen LogP contribution in [0.3, 0.4) is 0 Å². The number of carbonyl (C=O) groups is 1. The predicted molar refractivity (Wildman–Crippen MR) is 71.1 cm³/mol. The fourth-order valence-electron chi connectivity index (χ4n) is 2.01. The summed E-state index contributed by atoms with van der Waals surface area (Å²) >= 11 is 0. The Labute approximate surface area is 109 Å². The lowest BCUT2D eigenvalue weighted by molar-refractivity contribution is -0.171. The first kappa shape index (κ1) is 14.7. The quantitative estimate of drug-likeness (QED) is 0.727. The van der Waals surface area contributed by atoms with Crippen molar-refractivity contribution in [1.29, 1.82) is 0 Å². The van der Waals surface area contributed by atoms with E-state index >= 15 is 0 Å². The number of hydrogen-bond donors (Lipinski definition) is 0. The number of hydrogen-bond acceptors (Lipinski definition) is 3. The third kappa shape index (κ3) is 4.15. The molecule has 0 aromatic heterocycles. The monoisotopic (exact) mass is 250 g/mol. The van der Waals surface area contributed by atoms with Crippen LogP contribution in [0.15, 0.2) is 30.3 Å². The summed E-state index contributed by atoms with van der Waals surface area (Å²) in [5, 5.41) is 0. The molecule has 1 rings (SSSR count). The van der Waals surface area contributed by atoms with Crippen LogP contribution in [0.5, 0.6) is 0 Å². The molecule has 0 radical (unpaired) electrons. The van der Waals surface area contributed by atoms with E-state index in [9.17, 15) is 4.79 Å². The van der Waals surface area contributed by atoms with Crippen LogP contribution in [-0.4, -0.2) is 18.7 Å². The minimum Gasteiger partial charge on any atom is -0.467 e. The molecule has 18 heavy (non-hydrogen) atoms. The lowest BCUT2D eigenvalue weighted by Crippen LogP contribution is -2.40. The lowest BCUT2D eigenvalue weighted by Gasteiger charge is -2.28. The first-order valence-corrected chi connectivity index (χ1v) is 6.24. The third-order valence-corrected chi connectivity index (χ3v) is 2.82. The summed E-state index contributed by atoms with van der Waals surface area (Å²) < 4.78 is 10.6. The Bertz CT molecular complexity index is 373. The summed E-state index contributed by atoms with van der Waals surface area (Å²) in [5.74, 6) is 0.0528. The van der Waals surface area contributed by atoms with Crippen LogP contribution in [-0.2, 0) is 20.9 Å². The normalized spacial score (nSPS) is 14.3. The number of ether oxygens (including phenoxy) is 2. The largest absolute Gasteiger partial charge is 0.467 e. The first-order valence-electron chi connectivity index (χ1n) is 6.24. The molecular weight excluding hydrogens is 228 g/mol. The maximum Gasteiger partial charge on any atom is 0.337 e. The van der Waals surface area contributed by atoms with E-state index in [1.807, 2.05) is 30.3 Å². The number of esters is 1. The molecule has 0 saturated carbocycles. The van der Waals surface area contributed by atoms with E-state index in [0.717, 1.165) is 5.56 Å². The van der Waals surface area contributed by atoms with Crippen molar-refractivity contribution in [3.63, 3.8) is 0 Å². The summed E-state index contributed by atoms with van der Waals surface area (Å²) in [6.45, 7) is 6.33. The van der Waals surface area contributed by atoms with E-state index in [1.165, 1.54) is 7.11 Å². The molecule has 0 bridgehead atoms. The highest BCUT2D eigenvalue weighted by atomic mass is 16.6. The van der Waals surface area contributed by atoms with Crippen LogP contribution in [0, 0.1) is 5.92 Å². The average Bonchev–Trinajstić information content (AvgIpc) is 2.36. The van der Waals surface area contributed by atoms with Crippen LogP contribution in [0.1, 0.15) is 32.8 Å². The van der Waals surface area contributed by atoms with E-state index in [0.29, 0.717) is 18.9 Å². The SMILES string of the molecule is COC(=O)C(C)(CC(C)C)OCc1ccccc1. The number of rotatable bonds is 6. The van der Waals surface area contributed by atoms with Crippen molar-refractivity contribution in [2.24, 2.45) is 5.92 Å². The molecule has 0 spiro atoms. The van der Waals surface area contributed by atoms with Gasteiger partial charge in [0, 0.05) is 0 Å². The standard InChI is InChI=1S/C15H22O3/c1-12(2)10-15(3,14(16)17-4)18-11-13-8-6-5-7-9-13/h5-9,12H,10-11H2,1-4H3. The Morgan fingerprint density at radius 2 is 1.89 bits per heavy atom. The zero-order chi connectivity index (χ0) is 13.6. The zero-order valence-electron chi connectivity index (χ0n) is 11.6. The molecule has 3 nitrogen and oxygen atoms in total.